The molecule has 5 atom stereocenters. The van der Waals surface area contributed by atoms with Gasteiger partial charge in [-0.1, -0.05) is 13.3 Å². The summed E-state index contributed by atoms with van der Waals surface area (Å²) in [5.74, 6) is 4.39. The molecule has 0 spiro atoms. The highest BCUT2D eigenvalue weighted by Crippen LogP contribution is 2.65. The van der Waals surface area contributed by atoms with Crippen LogP contribution in [0.5, 0.6) is 0 Å². The summed E-state index contributed by atoms with van der Waals surface area (Å²) < 4.78 is 0. The molecule has 5 unspecified atom stereocenters. The van der Waals surface area contributed by atoms with Crippen LogP contribution in [0.4, 0.5) is 0 Å². The lowest BCUT2D eigenvalue weighted by Gasteiger charge is -2.30. The highest BCUT2D eigenvalue weighted by molar-refractivity contribution is 5.17. The van der Waals surface area contributed by atoms with Crippen LogP contribution in [0.2, 0.25) is 0 Å². The van der Waals surface area contributed by atoms with E-state index in [1.807, 2.05) is 0 Å². The third kappa shape index (κ3) is 1.68. The van der Waals surface area contributed by atoms with Gasteiger partial charge in [0.25, 0.3) is 0 Å². The molecule has 0 aromatic rings. The van der Waals surface area contributed by atoms with Crippen LogP contribution < -0.4 is 10.6 Å². The molecule has 18 heavy (non-hydrogen) atoms. The van der Waals surface area contributed by atoms with Gasteiger partial charge in [0.15, 0.2) is 0 Å². The van der Waals surface area contributed by atoms with Gasteiger partial charge in [-0.3, -0.25) is 0 Å². The number of fused-ring (bicyclic) bond motifs is 5. The summed E-state index contributed by atoms with van der Waals surface area (Å²) >= 11 is 0. The van der Waals surface area contributed by atoms with Gasteiger partial charge in [-0.2, -0.15) is 0 Å². The molecular formula is C16H28N2. The molecule has 0 amide bonds. The third-order valence-electron chi connectivity index (χ3n) is 6.47. The maximum atomic E-state index is 3.96. The SMILES string of the molecule is CCCC1(CNC2C3C4CCC(C4)C23)CCCN1. The fraction of sp³-hybridized carbons (Fsp3) is 1.00. The lowest BCUT2D eigenvalue weighted by atomic mass is 9.91. The molecule has 4 rings (SSSR count). The number of hydrogen-bond acceptors (Lipinski definition) is 2. The molecule has 2 bridgehead atoms. The monoisotopic (exact) mass is 248 g/mol. The predicted molar refractivity (Wildman–Crippen MR) is 74.5 cm³/mol. The van der Waals surface area contributed by atoms with E-state index >= 15 is 0 Å². The summed E-state index contributed by atoms with van der Waals surface area (Å²) in [6.45, 7) is 4.80. The van der Waals surface area contributed by atoms with Crippen LogP contribution in [-0.4, -0.2) is 24.7 Å². The summed E-state index contributed by atoms with van der Waals surface area (Å²) in [5, 5.41) is 7.76. The smallest absolute Gasteiger partial charge is 0.0306 e. The lowest BCUT2D eigenvalue weighted by molar-refractivity contribution is 0.312. The van der Waals surface area contributed by atoms with Gasteiger partial charge in [0.05, 0.1) is 0 Å². The zero-order valence-corrected chi connectivity index (χ0v) is 11.8. The van der Waals surface area contributed by atoms with E-state index in [0.29, 0.717) is 5.54 Å². The Morgan fingerprint density at radius 2 is 2.00 bits per heavy atom. The van der Waals surface area contributed by atoms with Gasteiger partial charge >= 0.3 is 0 Å². The van der Waals surface area contributed by atoms with Crippen molar-refractivity contribution >= 4 is 0 Å². The summed E-state index contributed by atoms with van der Waals surface area (Å²) in [5.41, 5.74) is 0.449. The van der Waals surface area contributed by atoms with E-state index in [9.17, 15) is 0 Å². The quantitative estimate of drug-likeness (QED) is 0.781. The summed E-state index contributed by atoms with van der Waals surface area (Å²) in [7, 11) is 0. The Kier molecular flexibility index (Phi) is 2.74. The average molecular weight is 248 g/mol. The zero-order valence-electron chi connectivity index (χ0n) is 11.8. The summed E-state index contributed by atoms with van der Waals surface area (Å²) in [4.78, 5) is 0. The molecule has 1 aliphatic heterocycles. The molecule has 3 saturated carbocycles. The predicted octanol–water partition coefficient (Wildman–Crippen LogP) is 2.54. The molecule has 2 heteroatoms. The number of rotatable bonds is 5. The van der Waals surface area contributed by atoms with Crippen molar-refractivity contribution in [1.82, 2.24) is 10.6 Å². The van der Waals surface area contributed by atoms with E-state index < -0.39 is 0 Å². The van der Waals surface area contributed by atoms with E-state index in [1.54, 1.807) is 19.3 Å². The molecule has 1 saturated heterocycles. The molecule has 0 aromatic heterocycles. The molecule has 0 radical (unpaired) electrons. The molecule has 3 aliphatic carbocycles. The molecule has 2 N–H and O–H groups in total. The van der Waals surface area contributed by atoms with Crippen LogP contribution in [0.3, 0.4) is 0 Å². The van der Waals surface area contributed by atoms with Crippen LogP contribution >= 0.6 is 0 Å². The van der Waals surface area contributed by atoms with E-state index in [0.717, 1.165) is 29.7 Å². The fourth-order valence-corrected chi connectivity index (χ4v) is 5.71. The first-order chi connectivity index (χ1) is 8.83. The van der Waals surface area contributed by atoms with Gasteiger partial charge in [0.1, 0.15) is 0 Å². The second-order valence-corrected chi connectivity index (χ2v) is 7.46. The Hall–Kier alpha value is -0.0800. The third-order valence-corrected chi connectivity index (χ3v) is 6.47. The second-order valence-electron chi connectivity index (χ2n) is 7.46. The maximum absolute atomic E-state index is 3.96. The highest BCUT2D eigenvalue weighted by Gasteiger charge is 2.64. The Labute approximate surface area is 111 Å². The van der Waals surface area contributed by atoms with Crippen molar-refractivity contribution in [2.24, 2.45) is 23.7 Å². The Bertz CT molecular complexity index is 305. The summed E-state index contributed by atoms with van der Waals surface area (Å²) in [6, 6.07) is 0.910. The van der Waals surface area contributed by atoms with Crippen molar-refractivity contribution in [3.8, 4) is 0 Å². The number of nitrogens with one attached hydrogen (secondary N) is 2. The standard InChI is InChI=1S/C16H28N2/c1-2-6-16(7-3-8-18-16)10-17-15-13-11-4-5-12(9-11)14(13)15/h11-15,17-18H,2-10H2,1H3. The molecule has 4 fully saturated rings. The van der Waals surface area contributed by atoms with Crippen LogP contribution in [-0.2, 0) is 0 Å². The molecular weight excluding hydrogens is 220 g/mol. The van der Waals surface area contributed by atoms with Gasteiger partial charge in [0.2, 0.25) is 0 Å². The van der Waals surface area contributed by atoms with Crippen LogP contribution in [0.1, 0.15) is 51.9 Å². The van der Waals surface area contributed by atoms with Crippen molar-refractivity contribution in [3.63, 3.8) is 0 Å². The van der Waals surface area contributed by atoms with Crippen LogP contribution in [0.15, 0.2) is 0 Å². The first-order valence-electron chi connectivity index (χ1n) is 8.31. The van der Waals surface area contributed by atoms with Crippen molar-refractivity contribution in [3.05, 3.63) is 0 Å². The fourth-order valence-electron chi connectivity index (χ4n) is 5.71. The summed E-state index contributed by atoms with van der Waals surface area (Å²) in [6.07, 6.45) is 10.1. The Morgan fingerprint density at radius 1 is 1.22 bits per heavy atom. The largest absolute Gasteiger partial charge is 0.312 e. The van der Waals surface area contributed by atoms with Gasteiger partial charge < -0.3 is 10.6 Å². The van der Waals surface area contributed by atoms with Crippen molar-refractivity contribution < 1.29 is 0 Å². The van der Waals surface area contributed by atoms with E-state index in [-0.39, 0.29) is 0 Å². The van der Waals surface area contributed by atoms with E-state index in [4.69, 9.17) is 0 Å². The van der Waals surface area contributed by atoms with Crippen molar-refractivity contribution in [2.75, 3.05) is 13.1 Å². The topological polar surface area (TPSA) is 24.1 Å². The first-order valence-corrected chi connectivity index (χ1v) is 8.31. The minimum Gasteiger partial charge on any atom is -0.312 e. The van der Waals surface area contributed by atoms with Gasteiger partial charge in [-0.25, -0.2) is 0 Å². The van der Waals surface area contributed by atoms with Gasteiger partial charge in [0, 0.05) is 18.1 Å². The first kappa shape index (κ1) is 11.7. The molecule has 1 heterocycles. The van der Waals surface area contributed by atoms with Crippen molar-refractivity contribution in [1.29, 1.82) is 0 Å². The minimum absolute atomic E-state index is 0.449. The Balaban J connectivity index is 1.34. The number of hydrogen-bond donors (Lipinski definition) is 2. The normalized spacial score (nSPS) is 52.8. The van der Waals surface area contributed by atoms with E-state index in [2.05, 4.69) is 17.6 Å². The lowest BCUT2D eigenvalue weighted by Crippen LogP contribution is -2.49. The Morgan fingerprint density at radius 3 is 2.61 bits per heavy atom. The van der Waals surface area contributed by atoms with Gasteiger partial charge in [-0.15, -0.1) is 0 Å². The average Bonchev–Trinajstić information content (AvgIpc) is 2.80. The maximum Gasteiger partial charge on any atom is 0.0306 e. The highest BCUT2D eigenvalue weighted by atomic mass is 15.1. The van der Waals surface area contributed by atoms with Crippen molar-refractivity contribution in [2.45, 2.75) is 63.5 Å². The van der Waals surface area contributed by atoms with Crippen LogP contribution in [0, 0.1) is 23.7 Å². The zero-order chi connectivity index (χ0) is 12.2. The minimum atomic E-state index is 0.449. The second kappa shape index (κ2) is 4.21. The van der Waals surface area contributed by atoms with Crippen LogP contribution in [0.25, 0.3) is 0 Å². The molecule has 0 aromatic carbocycles. The molecule has 2 nitrogen and oxygen atoms in total. The van der Waals surface area contributed by atoms with Gasteiger partial charge in [-0.05, 0) is 68.7 Å². The van der Waals surface area contributed by atoms with E-state index in [1.165, 1.54) is 38.8 Å². The molecule has 4 aliphatic rings. The molecule has 102 valence electrons.